The minimum Gasteiger partial charge on any atom is -0.381 e. The van der Waals surface area contributed by atoms with Crippen LogP contribution in [0.25, 0.3) is 0 Å². The topological polar surface area (TPSA) is 23.5 Å². The highest BCUT2D eigenvalue weighted by atomic mass is 31.0. The van der Waals surface area contributed by atoms with E-state index in [0.29, 0.717) is 0 Å². The molecule has 44 valence electrons. The lowest BCUT2D eigenvalue weighted by Crippen LogP contribution is -2.37. The maximum Gasteiger partial charge on any atom is 0.0956 e. The van der Waals surface area contributed by atoms with Gasteiger partial charge < -0.3 is 5.11 Å². The highest BCUT2D eigenvalue weighted by molar-refractivity contribution is 6.92. The van der Waals surface area contributed by atoms with Crippen LogP contribution in [-0.2, 0) is 0 Å². The molecule has 0 radical (unpaired) electrons. The van der Waals surface area contributed by atoms with E-state index in [0.717, 1.165) is 13.1 Å². The Hall–Kier alpha value is 0.350. The molecule has 0 bridgehead atoms. The summed E-state index contributed by atoms with van der Waals surface area (Å²) in [4.78, 5) is 1.99. The van der Waals surface area contributed by atoms with E-state index in [-0.39, 0.29) is 16.6 Å². The third-order valence-corrected chi connectivity index (χ3v) is 1.15. The molecule has 1 atom stereocenters. The SMILES string of the molecule is OCN1CCC1.P. The Kier molecular flexibility index (Phi) is 3.53. The number of rotatable bonds is 1. The maximum absolute atomic E-state index is 8.31. The van der Waals surface area contributed by atoms with Gasteiger partial charge in [-0.3, -0.25) is 4.90 Å². The molecule has 1 heterocycles. The van der Waals surface area contributed by atoms with Gasteiger partial charge in [0, 0.05) is 13.1 Å². The summed E-state index contributed by atoms with van der Waals surface area (Å²) < 4.78 is 0. The van der Waals surface area contributed by atoms with Crippen LogP contribution in [0.15, 0.2) is 0 Å². The van der Waals surface area contributed by atoms with Crippen molar-refractivity contribution >= 4 is 9.90 Å². The molecule has 0 aliphatic carbocycles. The van der Waals surface area contributed by atoms with Crippen molar-refractivity contribution in [2.45, 2.75) is 6.42 Å². The first kappa shape index (κ1) is 7.35. The van der Waals surface area contributed by atoms with Crippen LogP contribution in [0.1, 0.15) is 6.42 Å². The van der Waals surface area contributed by atoms with E-state index >= 15 is 0 Å². The molecule has 0 amide bonds. The zero-order valence-electron chi connectivity index (χ0n) is 4.43. The lowest BCUT2D eigenvalue weighted by atomic mass is 10.2. The molecule has 0 spiro atoms. The fourth-order valence-corrected chi connectivity index (χ4v) is 0.523. The van der Waals surface area contributed by atoms with Crippen molar-refractivity contribution in [2.24, 2.45) is 0 Å². The molecule has 0 aromatic rings. The Labute approximate surface area is 47.1 Å². The van der Waals surface area contributed by atoms with Gasteiger partial charge in [0.2, 0.25) is 0 Å². The molecule has 1 aliphatic rings. The van der Waals surface area contributed by atoms with Crippen molar-refractivity contribution in [1.82, 2.24) is 4.90 Å². The fourth-order valence-electron chi connectivity index (χ4n) is 0.523. The highest BCUT2D eigenvalue weighted by Crippen LogP contribution is 2.01. The average Bonchev–Trinajstić information content (AvgIpc) is 1.31. The molecular formula is C4H12NOP. The zero-order valence-corrected chi connectivity index (χ0v) is 5.84. The van der Waals surface area contributed by atoms with E-state index in [1.165, 1.54) is 6.42 Å². The van der Waals surface area contributed by atoms with Crippen molar-refractivity contribution in [3.8, 4) is 0 Å². The minimum absolute atomic E-state index is 0. The Morgan fingerprint density at radius 3 is 2.00 bits per heavy atom. The number of likely N-dealkylation sites (tertiary alicyclic amines) is 1. The molecule has 0 aromatic carbocycles. The fraction of sp³-hybridized carbons (Fsp3) is 1.00. The van der Waals surface area contributed by atoms with Crippen LogP contribution in [0.5, 0.6) is 0 Å². The Morgan fingerprint density at radius 2 is 2.00 bits per heavy atom. The van der Waals surface area contributed by atoms with Crippen LogP contribution in [-0.4, -0.2) is 29.8 Å². The number of hydrogen-bond acceptors (Lipinski definition) is 2. The van der Waals surface area contributed by atoms with Gasteiger partial charge in [-0.25, -0.2) is 0 Å². The Bertz CT molecular complexity index is 44.2. The van der Waals surface area contributed by atoms with Crippen molar-refractivity contribution in [3.63, 3.8) is 0 Å². The number of aliphatic hydroxyl groups is 1. The molecule has 1 rings (SSSR count). The van der Waals surface area contributed by atoms with Crippen molar-refractivity contribution < 1.29 is 5.11 Å². The van der Waals surface area contributed by atoms with E-state index in [4.69, 9.17) is 5.11 Å². The van der Waals surface area contributed by atoms with Crippen LogP contribution in [0.4, 0.5) is 0 Å². The molecule has 0 saturated carbocycles. The van der Waals surface area contributed by atoms with Crippen molar-refractivity contribution in [2.75, 3.05) is 19.8 Å². The first-order chi connectivity index (χ1) is 2.93. The van der Waals surface area contributed by atoms with Gasteiger partial charge in [0.15, 0.2) is 0 Å². The summed E-state index contributed by atoms with van der Waals surface area (Å²) in [6, 6.07) is 0. The van der Waals surface area contributed by atoms with E-state index in [1.54, 1.807) is 0 Å². The molecule has 1 N–H and O–H groups in total. The van der Waals surface area contributed by atoms with Gasteiger partial charge in [0.05, 0.1) is 6.73 Å². The van der Waals surface area contributed by atoms with E-state index in [1.807, 2.05) is 4.90 Å². The van der Waals surface area contributed by atoms with Crippen molar-refractivity contribution in [3.05, 3.63) is 0 Å². The Balaban J connectivity index is 0.000000360. The zero-order chi connectivity index (χ0) is 4.41. The second-order valence-electron chi connectivity index (χ2n) is 1.61. The standard InChI is InChI=1S/C4H9NO.H3P/c6-4-5-2-1-3-5;/h6H,1-4H2;1H3. The van der Waals surface area contributed by atoms with Gasteiger partial charge in [0.25, 0.3) is 0 Å². The van der Waals surface area contributed by atoms with E-state index < -0.39 is 0 Å². The minimum atomic E-state index is 0. The van der Waals surface area contributed by atoms with Crippen molar-refractivity contribution in [1.29, 1.82) is 0 Å². The molecule has 1 unspecified atom stereocenters. The van der Waals surface area contributed by atoms with E-state index in [2.05, 4.69) is 0 Å². The summed E-state index contributed by atoms with van der Waals surface area (Å²) >= 11 is 0. The lowest BCUT2D eigenvalue weighted by molar-refractivity contribution is 0.0576. The largest absolute Gasteiger partial charge is 0.381 e. The molecule has 0 aromatic heterocycles. The monoisotopic (exact) mass is 121 g/mol. The first-order valence-corrected chi connectivity index (χ1v) is 2.26. The predicted octanol–water partition coefficient (Wildman–Crippen LogP) is -0.300. The summed E-state index contributed by atoms with van der Waals surface area (Å²) in [6.45, 7) is 2.44. The van der Waals surface area contributed by atoms with Crippen LogP contribution in [0, 0.1) is 0 Å². The first-order valence-electron chi connectivity index (χ1n) is 2.26. The van der Waals surface area contributed by atoms with Crippen LogP contribution < -0.4 is 0 Å². The van der Waals surface area contributed by atoms with Gasteiger partial charge in [-0.15, -0.1) is 0 Å². The summed E-state index contributed by atoms with van der Waals surface area (Å²) in [5.41, 5.74) is 0. The lowest BCUT2D eigenvalue weighted by Gasteiger charge is -2.27. The highest BCUT2D eigenvalue weighted by Gasteiger charge is 2.09. The molecule has 7 heavy (non-hydrogen) atoms. The number of hydrogen-bond donors (Lipinski definition) is 1. The van der Waals surface area contributed by atoms with Gasteiger partial charge in [-0.05, 0) is 6.42 Å². The molecule has 3 heteroatoms. The third kappa shape index (κ3) is 1.72. The quantitative estimate of drug-likeness (QED) is 0.481. The Morgan fingerprint density at radius 1 is 1.43 bits per heavy atom. The average molecular weight is 121 g/mol. The number of aliphatic hydroxyl groups excluding tert-OH is 1. The molecule has 1 fully saturated rings. The van der Waals surface area contributed by atoms with Crippen LogP contribution in [0.3, 0.4) is 0 Å². The van der Waals surface area contributed by atoms with Crippen LogP contribution >= 0.6 is 9.90 Å². The summed E-state index contributed by atoms with van der Waals surface area (Å²) in [5.74, 6) is 0. The summed E-state index contributed by atoms with van der Waals surface area (Å²) in [5, 5.41) is 8.31. The number of nitrogens with zero attached hydrogens (tertiary/aromatic N) is 1. The summed E-state index contributed by atoms with van der Waals surface area (Å²) in [7, 11) is 0. The molecular weight excluding hydrogens is 109 g/mol. The second kappa shape index (κ2) is 3.36. The van der Waals surface area contributed by atoms with Gasteiger partial charge in [-0.2, -0.15) is 9.90 Å². The van der Waals surface area contributed by atoms with E-state index in [9.17, 15) is 0 Å². The van der Waals surface area contributed by atoms with Gasteiger partial charge >= 0.3 is 0 Å². The second-order valence-corrected chi connectivity index (χ2v) is 1.61. The molecule has 1 saturated heterocycles. The van der Waals surface area contributed by atoms with Crippen LogP contribution in [0.2, 0.25) is 0 Å². The predicted molar refractivity (Wildman–Crippen MR) is 34.4 cm³/mol. The molecule has 2 nitrogen and oxygen atoms in total. The van der Waals surface area contributed by atoms with Gasteiger partial charge in [0.1, 0.15) is 0 Å². The molecule has 1 aliphatic heterocycles. The third-order valence-electron chi connectivity index (χ3n) is 1.15. The maximum atomic E-state index is 8.31. The smallest absolute Gasteiger partial charge is 0.0956 e. The summed E-state index contributed by atoms with van der Waals surface area (Å²) in [6.07, 6.45) is 1.26. The van der Waals surface area contributed by atoms with Gasteiger partial charge in [-0.1, -0.05) is 0 Å². The normalized spacial score (nSPS) is 20.1.